The molecule has 2 fully saturated rings. The molecule has 0 spiro atoms. The van der Waals surface area contributed by atoms with Crippen molar-refractivity contribution in [3.63, 3.8) is 0 Å². The minimum atomic E-state index is -0.885. The summed E-state index contributed by atoms with van der Waals surface area (Å²) in [5.74, 6) is -0.699. The molecule has 9 nitrogen and oxygen atoms in total. The molecule has 3 aliphatic rings. The zero-order chi connectivity index (χ0) is 20.8. The lowest BCUT2D eigenvalue weighted by Crippen LogP contribution is -2.53. The fourth-order valence-corrected chi connectivity index (χ4v) is 4.27. The van der Waals surface area contributed by atoms with Gasteiger partial charge in [0.25, 0.3) is 0 Å². The second-order valence-electron chi connectivity index (χ2n) is 8.06. The number of likely N-dealkylation sites (tertiary alicyclic amines) is 1. The maximum Gasteiger partial charge on any atom is 0.409 e. The van der Waals surface area contributed by atoms with Crippen LogP contribution in [-0.2, 0) is 19.0 Å². The molecule has 0 aromatic carbocycles. The van der Waals surface area contributed by atoms with Gasteiger partial charge in [0.15, 0.2) is 0 Å². The van der Waals surface area contributed by atoms with Crippen molar-refractivity contribution < 1.29 is 28.9 Å². The fourth-order valence-electron chi connectivity index (χ4n) is 4.27. The fraction of sp³-hybridized carbons (Fsp3) is 0.800. The van der Waals surface area contributed by atoms with E-state index >= 15 is 0 Å². The van der Waals surface area contributed by atoms with Gasteiger partial charge in [0.2, 0.25) is 0 Å². The van der Waals surface area contributed by atoms with Gasteiger partial charge in [-0.25, -0.2) is 9.59 Å². The molecule has 0 bridgehead atoms. The Bertz CT molecular complexity index is 607. The highest BCUT2D eigenvalue weighted by Crippen LogP contribution is 2.29. The van der Waals surface area contributed by atoms with Crippen molar-refractivity contribution in [1.82, 2.24) is 9.80 Å². The number of ether oxygens (including phenoxy) is 3. The number of morpholine rings is 1. The number of amides is 1. The third kappa shape index (κ3) is 5.91. The number of rotatable bonds is 6. The minimum absolute atomic E-state index is 0.00963. The van der Waals surface area contributed by atoms with Crippen molar-refractivity contribution in [2.75, 3.05) is 52.6 Å². The highest BCUT2D eigenvalue weighted by Gasteiger charge is 2.35. The van der Waals surface area contributed by atoms with Crippen LogP contribution in [0.4, 0.5) is 4.79 Å². The maximum atomic E-state index is 12.0. The highest BCUT2D eigenvalue weighted by atomic mass is 16.6. The van der Waals surface area contributed by atoms with Crippen LogP contribution in [0.2, 0.25) is 0 Å². The molecule has 0 radical (unpaired) electrons. The lowest BCUT2D eigenvalue weighted by Gasteiger charge is -2.43. The van der Waals surface area contributed by atoms with E-state index in [2.05, 4.69) is 11.8 Å². The molecule has 9 heteroatoms. The van der Waals surface area contributed by atoms with Crippen LogP contribution in [0, 0.1) is 5.92 Å². The number of hydrogen-bond acceptors (Lipinski definition) is 7. The van der Waals surface area contributed by atoms with E-state index in [9.17, 15) is 14.7 Å². The molecule has 3 N–H and O–H groups in total. The van der Waals surface area contributed by atoms with Crippen LogP contribution in [0.3, 0.4) is 0 Å². The van der Waals surface area contributed by atoms with Crippen LogP contribution >= 0.6 is 0 Å². The molecule has 1 amide bonds. The Hall–Kier alpha value is -1.68. The molecule has 2 saturated heterocycles. The molecule has 0 aromatic rings. The van der Waals surface area contributed by atoms with E-state index in [0.29, 0.717) is 44.9 Å². The van der Waals surface area contributed by atoms with E-state index in [1.807, 2.05) is 6.08 Å². The highest BCUT2D eigenvalue weighted by molar-refractivity contribution is 5.87. The predicted molar refractivity (Wildman–Crippen MR) is 106 cm³/mol. The second kappa shape index (κ2) is 10.4. The predicted octanol–water partition coefficient (Wildman–Crippen LogP) is 0.683. The molecule has 0 unspecified atom stereocenters. The molecule has 0 saturated carbocycles. The average molecular weight is 411 g/mol. The van der Waals surface area contributed by atoms with E-state index in [-0.39, 0.29) is 36.8 Å². The van der Waals surface area contributed by atoms with Gasteiger partial charge >= 0.3 is 12.1 Å². The summed E-state index contributed by atoms with van der Waals surface area (Å²) in [5, 5.41) is 9.37. The summed E-state index contributed by atoms with van der Waals surface area (Å²) in [7, 11) is 0. The smallest absolute Gasteiger partial charge is 0.409 e. The van der Waals surface area contributed by atoms with Crippen molar-refractivity contribution in [2.45, 2.75) is 44.4 Å². The molecule has 2 heterocycles. The molecule has 164 valence electrons. The monoisotopic (exact) mass is 411 g/mol. The largest absolute Gasteiger partial charge is 0.478 e. The number of piperidine rings is 1. The van der Waals surface area contributed by atoms with Crippen molar-refractivity contribution in [1.29, 1.82) is 0 Å². The number of nitrogens with zero attached hydrogens (tertiary/aromatic N) is 2. The van der Waals surface area contributed by atoms with E-state index in [0.717, 1.165) is 25.9 Å². The average Bonchev–Trinajstić information content (AvgIpc) is 2.73. The van der Waals surface area contributed by atoms with Crippen LogP contribution < -0.4 is 5.73 Å². The van der Waals surface area contributed by atoms with Crippen LogP contribution in [0.15, 0.2) is 11.6 Å². The van der Waals surface area contributed by atoms with Gasteiger partial charge in [-0.2, -0.15) is 0 Å². The minimum Gasteiger partial charge on any atom is -0.478 e. The number of carbonyl (C=O) groups is 2. The van der Waals surface area contributed by atoms with Gasteiger partial charge in [0.05, 0.1) is 25.9 Å². The van der Waals surface area contributed by atoms with Gasteiger partial charge in [-0.1, -0.05) is 13.0 Å². The van der Waals surface area contributed by atoms with E-state index in [1.165, 1.54) is 0 Å². The Morgan fingerprint density at radius 3 is 2.76 bits per heavy atom. The zero-order valence-electron chi connectivity index (χ0n) is 17.1. The number of carboxylic acid groups (broad SMARTS) is 1. The Morgan fingerprint density at radius 2 is 2.03 bits per heavy atom. The maximum absolute atomic E-state index is 12.0. The van der Waals surface area contributed by atoms with Gasteiger partial charge in [-0.3, -0.25) is 4.90 Å². The summed E-state index contributed by atoms with van der Waals surface area (Å²) in [4.78, 5) is 27.3. The summed E-state index contributed by atoms with van der Waals surface area (Å²) in [6.07, 6.45) is 3.91. The Balaban J connectivity index is 1.44. The van der Waals surface area contributed by atoms with Crippen LogP contribution in [0.5, 0.6) is 0 Å². The summed E-state index contributed by atoms with van der Waals surface area (Å²) in [6.45, 7) is 6.50. The first-order valence-electron chi connectivity index (χ1n) is 10.5. The van der Waals surface area contributed by atoms with Crippen LogP contribution in [-0.4, -0.2) is 97.8 Å². The lowest BCUT2D eigenvalue weighted by atomic mass is 9.81. The molecule has 4 atom stereocenters. The molecular weight excluding hydrogens is 378 g/mol. The van der Waals surface area contributed by atoms with Crippen LogP contribution in [0.25, 0.3) is 0 Å². The van der Waals surface area contributed by atoms with Gasteiger partial charge in [-0.05, 0) is 31.7 Å². The van der Waals surface area contributed by atoms with E-state index in [1.54, 1.807) is 4.90 Å². The first-order chi connectivity index (χ1) is 14.0. The van der Waals surface area contributed by atoms with Crippen molar-refractivity contribution in [2.24, 2.45) is 11.7 Å². The number of nitrogens with two attached hydrogens (primary N) is 1. The number of aliphatic carboxylic acids is 1. The van der Waals surface area contributed by atoms with Gasteiger partial charge in [0.1, 0.15) is 6.61 Å². The quantitative estimate of drug-likeness (QED) is 0.614. The number of carbonyl (C=O) groups excluding carboxylic acids is 1. The molecule has 29 heavy (non-hydrogen) atoms. The number of carboxylic acids is 1. The normalized spacial score (nSPS) is 31.2. The summed E-state index contributed by atoms with van der Waals surface area (Å²) < 4.78 is 16.5. The number of hydrogen-bond donors (Lipinski definition) is 2. The molecule has 3 rings (SSSR count). The summed E-state index contributed by atoms with van der Waals surface area (Å²) in [6, 6.07) is -0.146. The zero-order valence-corrected chi connectivity index (χ0v) is 17.1. The topological polar surface area (TPSA) is 115 Å². The third-order valence-electron chi connectivity index (χ3n) is 6.08. The Labute approximate surface area is 171 Å². The third-order valence-corrected chi connectivity index (χ3v) is 6.08. The standard InChI is InChI=1S/C20H33N3O6/c1-14-17(21)11-15(19(24)25)12-18(14)23-4-2-3-16(13-23)28-9-10-29-20(26)22-5-7-27-8-6-22/h12,14,16-18H,2-11,13,21H2,1H3,(H,24,25)/t14-,16+,17+,18-/m1/s1. The Morgan fingerprint density at radius 1 is 1.28 bits per heavy atom. The van der Waals surface area contributed by atoms with E-state index in [4.69, 9.17) is 19.9 Å². The summed E-state index contributed by atoms with van der Waals surface area (Å²) >= 11 is 0. The van der Waals surface area contributed by atoms with Gasteiger partial charge in [0, 0.05) is 37.3 Å². The SMILES string of the molecule is C[C@H]1[C@H](N2CCC[C@H](OCCOC(=O)N3CCOCC3)C2)C=C(C(=O)O)C[C@@H]1N. The lowest BCUT2D eigenvalue weighted by molar-refractivity contribution is -0.133. The van der Waals surface area contributed by atoms with Gasteiger partial charge < -0.3 is 30.0 Å². The van der Waals surface area contributed by atoms with Crippen molar-refractivity contribution >= 4 is 12.1 Å². The van der Waals surface area contributed by atoms with Crippen LogP contribution in [0.1, 0.15) is 26.2 Å². The molecule has 2 aliphatic heterocycles. The molecular formula is C20H33N3O6. The molecule has 0 aromatic heterocycles. The Kier molecular flexibility index (Phi) is 7.88. The van der Waals surface area contributed by atoms with E-state index < -0.39 is 5.97 Å². The first kappa shape index (κ1) is 22.0. The molecule has 1 aliphatic carbocycles. The van der Waals surface area contributed by atoms with Gasteiger partial charge in [-0.15, -0.1) is 0 Å². The first-order valence-corrected chi connectivity index (χ1v) is 10.5. The summed E-state index contributed by atoms with van der Waals surface area (Å²) in [5.41, 5.74) is 6.61. The van der Waals surface area contributed by atoms with Crippen molar-refractivity contribution in [3.05, 3.63) is 11.6 Å². The second-order valence-corrected chi connectivity index (χ2v) is 8.06. The van der Waals surface area contributed by atoms with Crippen molar-refractivity contribution in [3.8, 4) is 0 Å².